The maximum absolute atomic E-state index is 11.1. The van der Waals surface area contributed by atoms with Crippen molar-refractivity contribution in [2.75, 3.05) is 18.5 Å². The van der Waals surface area contributed by atoms with E-state index in [4.69, 9.17) is 0 Å². The molecule has 0 saturated carbocycles. The number of fused-ring (bicyclic) bond motifs is 1. The van der Waals surface area contributed by atoms with E-state index in [-0.39, 0.29) is 0 Å². The van der Waals surface area contributed by atoms with Crippen molar-refractivity contribution in [2.24, 2.45) is 0 Å². The Kier molecular flexibility index (Phi) is 2.92. The van der Waals surface area contributed by atoms with E-state index in [1.54, 1.807) is 23.1 Å². The topological polar surface area (TPSA) is 57.8 Å². The van der Waals surface area contributed by atoms with Gasteiger partial charge in [-0.2, -0.15) is 0 Å². The minimum Gasteiger partial charge on any atom is -0.389 e. The molecule has 5 nitrogen and oxygen atoms in total. The Morgan fingerprint density at radius 3 is 2.94 bits per heavy atom. The average Bonchev–Trinajstić information content (AvgIpc) is 2.72. The van der Waals surface area contributed by atoms with Gasteiger partial charge in [-0.1, -0.05) is 0 Å². The van der Waals surface area contributed by atoms with Gasteiger partial charge in [0.05, 0.1) is 5.60 Å². The molecule has 6 heteroatoms. The van der Waals surface area contributed by atoms with Gasteiger partial charge in [0.2, 0.25) is 0 Å². The first-order valence-electron chi connectivity index (χ1n) is 5.26. The van der Waals surface area contributed by atoms with Crippen LogP contribution in [0.25, 0.3) is 4.96 Å². The van der Waals surface area contributed by atoms with Crippen molar-refractivity contribution >= 4 is 28.4 Å². The number of carbonyl (C=O) groups excluding carboxylic acids is 1. The summed E-state index contributed by atoms with van der Waals surface area (Å²) in [5.41, 5.74) is -0.306. The minimum absolute atomic E-state index is 0.415. The Morgan fingerprint density at radius 1 is 1.65 bits per heavy atom. The molecule has 2 rings (SSSR count). The number of rotatable bonds is 4. The summed E-state index contributed by atoms with van der Waals surface area (Å²) in [7, 11) is 1.82. The van der Waals surface area contributed by atoms with Gasteiger partial charge in [0.1, 0.15) is 5.69 Å². The number of carbonyl (C=O) groups is 1. The molecule has 0 unspecified atom stereocenters. The van der Waals surface area contributed by atoms with E-state index in [1.807, 2.05) is 18.6 Å². The predicted molar refractivity (Wildman–Crippen MR) is 68.0 cm³/mol. The SMILES string of the molecule is CN(CC(C)(C)O)c1nc2sccn2c1C=O. The first-order valence-corrected chi connectivity index (χ1v) is 6.14. The lowest BCUT2D eigenvalue weighted by molar-refractivity contribution is 0.0883. The first kappa shape index (κ1) is 12.1. The highest BCUT2D eigenvalue weighted by atomic mass is 32.1. The molecule has 1 N–H and O–H groups in total. The Balaban J connectivity index is 2.40. The number of nitrogens with zero attached hydrogens (tertiary/aromatic N) is 3. The van der Waals surface area contributed by atoms with Crippen LogP contribution in [0.1, 0.15) is 24.3 Å². The van der Waals surface area contributed by atoms with Crippen LogP contribution in [0.15, 0.2) is 11.6 Å². The van der Waals surface area contributed by atoms with E-state index in [2.05, 4.69) is 4.98 Å². The molecular weight excluding hydrogens is 238 g/mol. The Hall–Kier alpha value is -1.40. The molecule has 2 aromatic heterocycles. The second-order valence-corrected chi connectivity index (χ2v) is 5.54. The fraction of sp³-hybridized carbons (Fsp3) is 0.455. The van der Waals surface area contributed by atoms with Gasteiger partial charge in [0.15, 0.2) is 17.1 Å². The number of aldehydes is 1. The number of likely N-dealkylation sites (N-methyl/N-ethyl adjacent to an activating group) is 1. The zero-order valence-electron chi connectivity index (χ0n) is 10.0. The molecule has 0 radical (unpaired) electrons. The van der Waals surface area contributed by atoms with E-state index in [0.717, 1.165) is 11.2 Å². The van der Waals surface area contributed by atoms with E-state index in [0.29, 0.717) is 18.1 Å². The molecule has 0 bridgehead atoms. The van der Waals surface area contributed by atoms with Crippen LogP contribution < -0.4 is 4.90 Å². The number of imidazole rings is 1. The maximum atomic E-state index is 11.1. The molecule has 0 aliphatic rings. The highest BCUT2D eigenvalue weighted by Gasteiger charge is 2.21. The van der Waals surface area contributed by atoms with Gasteiger partial charge in [-0.3, -0.25) is 9.20 Å². The standard InChI is InChI=1S/C11H15N3O2S/c1-11(2,16)7-13(3)9-8(6-15)14-4-5-17-10(14)12-9/h4-6,16H,7H2,1-3H3. The lowest BCUT2D eigenvalue weighted by Gasteiger charge is -2.25. The van der Waals surface area contributed by atoms with E-state index in [1.165, 1.54) is 11.3 Å². The highest BCUT2D eigenvalue weighted by Crippen LogP contribution is 2.23. The number of anilines is 1. The fourth-order valence-electron chi connectivity index (χ4n) is 1.84. The van der Waals surface area contributed by atoms with Gasteiger partial charge < -0.3 is 10.0 Å². The van der Waals surface area contributed by atoms with Crippen LogP contribution in [-0.2, 0) is 0 Å². The third kappa shape index (κ3) is 2.32. The lowest BCUT2D eigenvalue weighted by atomic mass is 10.1. The molecule has 2 aromatic rings. The zero-order chi connectivity index (χ0) is 12.6. The number of aromatic nitrogens is 2. The third-order valence-corrected chi connectivity index (χ3v) is 3.13. The molecule has 92 valence electrons. The summed E-state index contributed by atoms with van der Waals surface area (Å²) in [4.78, 5) is 18.1. The van der Waals surface area contributed by atoms with Gasteiger partial charge in [-0.25, -0.2) is 4.98 Å². The quantitative estimate of drug-likeness (QED) is 0.837. The Bertz CT molecular complexity index is 538. The van der Waals surface area contributed by atoms with Gasteiger partial charge >= 0.3 is 0 Å². The van der Waals surface area contributed by atoms with E-state index < -0.39 is 5.60 Å². The van der Waals surface area contributed by atoms with Gasteiger partial charge in [0, 0.05) is 25.2 Å². The summed E-state index contributed by atoms with van der Waals surface area (Å²) in [6.07, 6.45) is 2.61. The third-order valence-electron chi connectivity index (χ3n) is 2.38. The van der Waals surface area contributed by atoms with Crippen molar-refractivity contribution in [2.45, 2.75) is 19.4 Å². The highest BCUT2D eigenvalue weighted by molar-refractivity contribution is 7.15. The van der Waals surface area contributed by atoms with Crippen molar-refractivity contribution in [1.82, 2.24) is 9.38 Å². The number of hydrogen-bond acceptors (Lipinski definition) is 5. The average molecular weight is 253 g/mol. The molecular formula is C11H15N3O2S. The van der Waals surface area contributed by atoms with Gasteiger partial charge in [-0.15, -0.1) is 11.3 Å². The number of thiazole rings is 1. The maximum Gasteiger partial charge on any atom is 0.196 e. The first-order chi connectivity index (χ1) is 7.92. The van der Waals surface area contributed by atoms with Crippen molar-refractivity contribution in [1.29, 1.82) is 0 Å². The summed E-state index contributed by atoms with van der Waals surface area (Å²) in [6, 6.07) is 0. The molecule has 2 heterocycles. The summed E-state index contributed by atoms with van der Waals surface area (Å²) in [5, 5.41) is 11.7. The normalized spacial score (nSPS) is 12.0. The smallest absolute Gasteiger partial charge is 0.196 e. The Morgan fingerprint density at radius 2 is 2.35 bits per heavy atom. The van der Waals surface area contributed by atoms with Crippen molar-refractivity contribution in [3.8, 4) is 0 Å². The second kappa shape index (κ2) is 4.12. The van der Waals surface area contributed by atoms with Crippen molar-refractivity contribution in [3.63, 3.8) is 0 Å². The summed E-state index contributed by atoms with van der Waals surface area (Å²) < 4.78 is 1.76. The summed E-state index contributed by atoms with van der Waals surface area (Å²) in [5.74, 6) is 0.606. The van der Waals surface area contributed by atoms with E-state index in [9.17, 15) is 9.90 Å². The lowest BCUT2D eigenvalue weighted by Crippen LogP contribution is -2.36. The number of hydrogen-bond donors (Lipinski definition) is 1. The van der Waals surface area contributed by atoms with Crippen LogP contribution in [0.4, 0.5) is 5.82 Å². The number of aliphatic hydroxyl groups is 1. The summed E-state index contributed by atoms with van der Waals surface area (Å²) >= 11 is 1.48. The van der Waals surface area contributed by atoms with Crippen LogP contribution in [0, 0.1) is 0 Å². The molecule has 0 atom stereocenters. The predicted octanol–water partition coefficient (Wildman–Crippen LogP) is 1.42. The fourth-order valence-corrected chi connectivity index (χ4v) is 2.55. The molecule has 0 aliphatic carbocycles. The molecule has 0 spiro atoms. The largest absolute Gasteiger partial charge is 0.389 e. The van der Waals surface area contributed by atoms with Crippen LogP contribution in [0.5, 0.6) is 0 Å². The van der Waals surface area contributed by atoms with Crippen LogP contribution in [-0.4, -0.2) is 40.0 Å². The van der Waals surface area contributed by atoms with Crippen LogP contribution >= 0.6 is 11.3 Å². The molecule has 0 amide bonds. The monoisotopic (exact) mass is 253 g/mol. The zero-order valence-corrected chi connectivity index (χ0v) is 10.9. The van der Waals surface area contributed by atoms with Crippen LogP contribution in [0.3, 0.4) is 0 Å². The van der Waals surface area contributed by atoms with Crippen molar-refractivity contribution in [3.05, 3.63) is 17.3 Å². The molecule has 0 fully saturated rings. The second-order valence-electron chi connectivity index (χ2n) is 4.66. The Labute approximate surface area is 103 Å². The van der Waals surface area contributed by atoms with Crippen molar-refractivity contribution < 1.29 is 9.90 Å². The van der Waals surface area contributed by atoms with Gasteiger partial charge in [-0.05, 0) is 13.8 Å². The minimum atomic E-state index is -0.827. The molecule has 0 aromatic carbocycles. The molecule has 0 saturated heterocycles. The van der Waals surface area contributed by atoms with Crippen LogP contribution in [0.2, 0.25) is 0 Å². The summed E-state index contributed by atoms with van der Waals surface area (Å²) in [6.45, 7) is 3.86. The van der Waals surface area contributed by atoms with E-state index >= 15 is 0 Å². The van der Waals surface area contributed by atoms with Gasteiger partial charge in [0.25, 0.3) is 0 Å². The molecule has 0 aliphatic heterocycles. The molecule has 17 heavy (non-hydrogen) atoms.